The summed E-state index contributed by atoms with van der Waals surface area (Å²) in [6.45, 7) is 0. The molecule has 0 radical (unpaired) electrons. The van der Waals surface area contributed by atoms with Gasteiger partial charge in [0.05, 0.1) is 22.1 Å². The van der Waals surface area contributed by atoms with Crippen molar-refractivity contribution in [3.8, 4) is 56.4 Å². The van der Waals surface area contributed by atoms with Gasteiger partial charge in [-0.3, -0.25) is 9.13 Å². The van der Waals surface area contributed by atoms with E-state index >= 15 is 0 Å². The Labute approximate surface area is 324 Å². The molecular weight excluding hydrogens is 681 g/mol. The normalized spacial score (nSPS) is 11.6. The molecule has 56 heavy (non-hydrogen) atoms. The fraction of sp³-hybridized carbons (Fsp3) is 0. The maximum Gasteiger partial charge on any atom is 0.145 e. The quantitative estimate of drug-likeness (QED) is 0.161. The minimum absolute atomic E-state index is 0.931. The van der Waals surface area contributed by atoms with Crippen molar-refractivity contribution in [3.63, 3.8) is 0 Å². The molecule has 9 aromatic carbocycles. The Kier molecular flexibility index (Phi) is 7.46. The Morgan fingerprint density at radius 3 is 1.14 bits per heavy atom. The van der Waals surface area contributed by atoms with E-state index in [0.29, 0.717) is 0 Å². The van der Waals surface area contributed by atoms with E-state index in [2.05, 4.69) is 203 Å². The second-order valence-corrected chi connectivity index (χ2v) is 14.3. The minimum atomic E-state index is 0.931. The number of aromatic nitrogens is 4. The predicted molar refractivity (Wildman–Crippen MR) is 232 cm³/mol. The molecule has 11 aromatic rings. The lowest BCUT2D eigenvalue weighted by Crippen LogP contribution is -1.97. The first-order chi connectivity index (χ1) is 27.8. The van der Waals surface area contributed by atoms with Gasteiger partial charge in [0, 0.05) is 22.5 Å². The fourth-order valence-electron chi connectivity index (χ4n) is 8.27. The maximum absolute atomic E-state index is 5.09. The molecule has 11 rings (SSSR count). The van der Waals surface area contributed by atoms with Gasteiger partial charge < -0.3 is 0 Å². The van der Waals surface area contributed by atoms with E-state index in [0.717, 1.165) is 56.2 Å². The molecule has 4 nitrogen and oxygen atoms in total. The first kappa shape index (κ1) is 31.9. The fourth-order valence-corrected chi connectivity index (χ4v) is 8.27. The number of benzene rings is 9. The highest BCUT2D eigenvalue weighted by Crippen LogP contribution is 2.38. The minimum Gasteiger partial charge on any atom is -0.292 e. The monoisotopic (exact) mass is 714 g/mol. The number of para-hydroxylation sites is 6. The summed E-state index contributed by atoms with van der Waals surface area (Å²) in [5.74, 6) is 1.86. The first-order valence-corrected chi connectivity index (χ1v) is 19.0. The summed E-state index contributed by atoms with van der Waals surface area (Å²) >= 11 is 0. The molecule has 0 aliphatic carbocycles. The topological polar surface area (TPSA) is 35.6 Å². The zero-order chi connectivity index (χ0) is 37.0. The van der Waals surface area contributed by atoms with Crippen LogP contribution in [0.3, 0.4) is 0 Å². The Bertz CT molecular complexity index is 3000. The third kappa shape index (κ3) is 5.31. The third-order valence-electron chi connectivity index (χ3n) is 10.9. The van der Waals surface area contributed by atoms with Crippen LogP contribution in [0, 0.1) is 0 Å². The van der Waals surface area contributed by atoms with Crippen molar-refractivity contribution >= 4 is 43.6 Å². The summed E-state index contributed by atoms with van der Waals surface area (Å²) in [5, 5.41) is 4.89. The molecule has 0 fully saturated rings. The average molecular weight is 715 g/mol. The zero-order valence-corrected chi connectivity index (χ0v) is 30.4. The summed E-state index contributed by atoms with van der Waals surface area (Å²) in [6.07, 6.45) is 0. The summed E-state index contributed by atoms with van der Waals surface area (Å²) in [5.41, 5.74) is 13.2. The van der Waals surface area contributed by atoms with Crippen molar-refractivity contribution in [2.45, 2.75) is 0 Å². The van der Waals surface area contributed by atoms with Gasteiger partial charge in [0.1, 0.15) is 11.6 Å². The molecule has 0 aliphatic rings. The van der Waals surface area contributed by atoms with E-state index in [4.69, 9.17) is 9.97 Å². The summed E-state index contributed by atoms with van der Waals surface area (Å²) < 4.78 is 4.50. The first-order valence-electron chi connectivity index (χ1n) is 19.0. The Morgan fingerprint density at radius 1 is 0.304 bits per heavy atom. The number of rotatable bonds is 6. The molecule has 0 saturated heterocycles. The molecule has 0 saturated carbocycles. The molecule has 0 bridgehead atoms. The zero-order valence-electron chi connectivity index (χ0n) is 30.4. The number of fused-ring (bicyclic) bond motifs is 4. The van der Waals surface area contributed by atoms with Gasteiger partial charge in [0.2, 0.25) is 0 Å². The molecule has 0 amide bonds. The van der Waals surface area contributed by atoms with Crippen LogP contribution in [0.25, 0.3) is 100 Å². The highest BCUT2D eigenvalue weighted by Gasteiger charge is 2.17. The van der Waals surface area contributed by atoms with E-state index in [1.165, 1.54) is 43.8 Å². The van der Waals surface area contributed by atoms with Gasteiger partial charge in [-0.05, 0) is 104 Å². The van der Waals surface area contributed by atoms with Crippen molar-refractivity contribution in [2.24, 2.45) is 0 Å². The van der Waals surface area contributed by atoms with Crippen LogP contribution < -0.4 is 0 Å². The summed E-state index contributed by atoms with van der Waals surface area (Å²) in [7, 11) is 0. The van der Waals surface area contributed by atoms with E-state index in [-0.39, 0.29) is 0 Å². The molecule has 2 aromatic heterocycles. The lowest BCUT2D eigenvalue weighted by Gasteiger charge is -2.13. The van der Waals surface area contributed by atoms with Crippen LogP contribution in [0.15, 0.2) is 206 Å². The lowest BCUT2D eigenvalue weighted by atomic mass is 9.92. The predicted octanol–water partition coefficient (Wildman–Crippen LogP) is 13.3. The largest absolute Gasteiger partial charge is 0.292 e. The van der Waals surface area contributed by atoms with Crippen LogP contribution in [0.1, 0.15) is 0 Å². The van der Waals surface area contributed by atoms with Crippen LogP contribution in [0.4, 0.5) is 0 Å². The summed E-state index contributed by atoms with van der Waals surface area (Å²) in [4.78, 5) is 10.2. The molecule has 0 spiro atoms. The molecule has 0 atom stereocenters. The van der Waals surface area contributed by atoms with Gasteiger partial charge in [-0.15, -0.1) is 0 Å². The molecule has 262 valence electrons. The van der Waals surface area contributed by atoms with Crippen LogP contribution in [0.5, 0.6) is 0 Å². The van der Waals surface area contributed by atoms with E-state index in [1.807, 2.05) is 12.1 Å². The molecule has 0 aliphatic heterocycles. The van der Waals surface area contributed by atoms with E-state index in [9.17, 15) is 0 Å². The standard InChI is InChI=1S/C52H34N4/c1-3-15-41(16-4-1)55-49-23-9-7-21-47(49)53-51(55)37-29-25-35(26-30-37)43-19-11-13-39-33-40-14-12-20-44(46(40)34-45(39)43)36-27-31-38(32-28-36)52-54-48-22-8-10-24-50(48)56(52)42-17-5-2-6-18-42/h1-34H. The number of nitrogens with zero attached hydrogens (tertiary/aromatic N) is 4. The van der Waals surface area contributed by atoms with Crippen molar-refractivity contribution in [1.29, 1.82) is 0 Å². The van der Waals surface area contributed by atoms with Crippen molar-refractivity contribution in [1.82, 2.24) is 19.1 Å². The van der Waals surface area contributed by atoms with Crippen LogP contribution >= 0.6 is 0 Å². The second kappa shape index (κ2) is 13.1. The Hall–Kier alpha value is -7.56. The molecular formula is C52H34N4. The Balaban J connectivity index is 0.985. The van der Waals surface area contributed by atoms with Crippen molar-refractivity contribution < 1.29 is 0 Å². The number of imidazole rings is 2. The average Bonchev–Trinajstić information content (AvgIpc) is 3.86. The highest BCUT2D eigenvalue weighted by molar-refractivity contribution is 6.09. The van der Waals surface area contributed by atoms with Crippen LogP contribution in [-0.4, -0.2) is 19.1 Å². The van der Waals surface area contributed by atoms with Crippen molar-refractivity contribution in [2.75, 3.05) is 0 Å². The number of hydrogen-bond donors (Lipinski definition) is 0. The van der Waals surface area contributed by atoms with Gasteiger partial charge in [0.15, 0.2) is 0 Å². The Morgan fingerprint density at radius 2 is 0.696 bits per heavy atom. The summed E-state index contributed by atoms with van der Waals surface area (Å²) in [6, 6.07) is 73.3. The van der Waals surface area contributed by atoms with Crippen LogP contribution in [-0.2, 0) is 0 Å². The highest BCUT2D eigenvalue weighted by atomic mass is 15.1. The maximum atomic E-state index is 5.09. The molecule has 4 heteroatoms. The van der Waals surface area contributed by atoms with Crippen molar-refractivity contribution in [3.05, 3.63) is 206 Å². The lowest BCUT2D eigenvalue weighted by molar-refractivity contribution is 1.10. The van der Waals surface area contributed by atoms with Gasteiger partial charge in [-0.2, -0.15) is 0 Å². The van der Waals surface area contributed by atoms with Gasteiger partial charge >= 0.3 is 0 Å². The van der Waals surface area contributed by atoms with E-state index in [1.54, 1.807) is 0 Å². The molecule has 0 N–H and O–H groups in total. The van der Waals surface area contributed by atoms with E-state index < -0.39 is 0 Å². The van der Waals surface area contributed by atoms with Gasteiger partial charge in [-0.1, -0.05) is 146 Å². The molecule has 2 heterocycles. The number of hydrogen-bond acceptors (Lipinski definition) is 2. The smallest absolute Gasteiger partial charge is 0.145 e. The van der Waals surface area contributed by atoms with Gasteiger partial charge in [0.25, 0.3) is 0 Å². The SMILES string of the molecule is c1ccc(-n2c(-c3ccc(-c4cccc5cc6cccc(-c7ccc(-c8nc9ccccc9n8-c8ccccc8)cc7)c6cc45)cc3)nc3ccccc32)cc1. The second-order valence-electron chi connectivity index (χ2n) is 14.3. The van der Waals surface area contributed by atoms with Crippen LogP contribution in [0.2, 0.25) is 0 Å². The van der Waals surface area contributed by atoms with Gasteiger partial charge in [-0.25, -0.2) is 9.97 Å². The third-order valence-corrected chi connectivity index (χ3v) is 10.9. The molecule has 0 unspecified atom stereocenters.